The lowest BCUT2D eigenvalue weighted by molar-refractivity contribution is 0.0699. The number of nitrogens with two attached hydrogens (primary N) is 1. The number of aliphatic hydroxyl groups excluding tert-OH is 1. The number of nitrogens with zero attached hydrogens (tertiary/aromatic N) is 1. The van der Waals surface area contributed by atoms with Gasteiger partial charge in [0.25, 0.3) is 5.91 Å². The fraction of sp³-hybridized carbons (Fsp3) is 0.357. The lowest BCUT2D eigenvalue weighted by Crippen LogP contribution is -2.33. The van der Waals surface area contributed by atoms with Crippen LogP contribution in [0.15, 0.2) is 18.2 Å². The Balaban J connectivity index is 3.01. The molecule has 0 saturated carbocycles. The lowest BCUT2D eigenvalue weighted by atomic mass is 10.1. The summed E-state index contributed by atoms with van der Waals surface area (Å²) in [6.45, 7) is 1.89. The smallest absolute Gasteiger partial charge is 0.256 e. The molecule has 19 heavy (non-hydrogen) atoms. The molecule has 0 fully saturated rings. The van der Waals surface area contributed by atoms with E-state index >= 15 is 0 Å². The van der Waals surface area contributed by atoms with Crippen LogP contribution in [0.25, 0.3) is 0 Å². The Labute approximate surface area is 112 Å². The average Bonchev–Trinajstić information content (AvgIpc) is 2.36. The van der Waals surface area contributed by atoms with Crippen LogP contribution in [-0.2, 0) is 0 Å². The molecule has 4 nitrogen and oxygen atoms in total. The molecule has 1 amide bonds. The molecule has 1 aromatic carbocycles. The molecule has 0 spiro atoms. The first-order valence-corrected chi connectivity index (χ1v) is 5.87. The minimum absolute atomic E-state index is 0.0630. The summed E-state index contributed by atoms with van der Waals surface area (Å²) in [4.78, 5) is 13.3. The number of hydrogen-bond donors (Lipinski definition) is 2. The Morgan fingerprint density at radius 3 is 2.84 bits per heavy atom. The second-order valence-electron chi connectivity index (χ2n) is 4.24. The van der Waals surface area contributed by atoms with Gasteiger partial charge in [-0.1, -0.05) is 11.8 Å². The zero-order valence-electron chi connectivity index (χ0n) is 11.0. The van der Waals surface area contributed by atoms with Crippen molar-refractivity contribution in [2.45, 2.75) is 13.0 Å². The van der Waals surface area contributed by atoms with Crippen LogP contribution in [0.1, 0.15) is 22.8 Å². The standard InChI is InChI=1S/C14H17FN2O2/c1-10(18)9-17(2)14(19)12-8-11(4-3-7-16)5-6-13(12)15/h5-6,8,10,18H,7,9,16H2,1-2H3. The van der Waals surface area contributed by atoms with E-state index in [9.17, 15) is 14.3 Å². The highest BCUT2D eigenvalue weighted by Crippen LogP contribution is 2.12. The highest BCUT2D eigenvalue weighted by molar-refractivity contribution is 5.94. The monoisotopic (exact) mass is 264 g/mol. The van der Waals surface area contributed by atoms with E-state index in [1.165, 1.54) is 30.1 Å². The lowest BCUT2D eigenvalue weighted by Gasteiger charge is -2.19. The number of benzene rings is 1. The summed E-state index contributed by atoms with van der Waals surface area (Å²) in [5.74, 6) is 4.29. The molecule has 0 aliphatic carbocycles. The summed E-state index contributed by atoms with van der Waals surface area (Å²) in [5.41, 5.74) is 5.72. The van der Waals surface area contributed by atoms with Gasteiger partial charge in [0, 0.05) is 19.2 Å². The molecular weight excluding hydrogens is 247 g/mol. The zero-order valence-corrected chi connectivity index (χ0v) is 11.0. The third-order valence-electron chi connectivity index (χ3n) is 2.42. The summed E-state index contributed by atoms with van der Waals surface area (Å²) in [7, 11) is 1.51. The van der Waals surface area contributed by atoms with Gasteiger partial charge >= 0.3 is 0 Å². The maximum atomic E-state index is 13.7. The van der Waals surface area contributed by atoms with Crippen molar-refractivity contribution in [2.75, 3.05) is 20.1 Å². The Hall–Kier alpha value is -1.90. The van der Waals surface area contributed by atoms with Gasteiger partial charge in [0.1, 0.15) is 5.82 Å². The third kappa shape index (κ3) is 4.36. The second kappa shape index (κ2) is 6.88. The Kier molecular flexibility index (Phi) is 5.49. The molecule has 3 N–H and O–H groups in total. The van der Waals surface area contributed by atoms with Crippen LogP contribution < -0.4 is 5.73 Å². The molecule has 1 aromatic rings. The van der Waals surface area contributed by atoms with Gasteiger partial charge in [-0.15, -0.1) is 0 Å². The molecule has 5 heteroatoms. The van der Waals surface area contributed by atoms with Gasteiger partial charge in [0.05, 0.1) is 18.2 Å². The molecule has 0 radical (unpaired) electrons. The molecule has 102 valence electrons. The predicted octanol–water partition coefficient (Wildman–Crippen LogP) is 0.589. The van der Waals surface area contributed by atoms with Crippen LogP contribution in [0.5, 0.6) is 0 Å². The van der Waals surface area contributed by atoms with Crippen molar-refractivity contribution in [1.29, 1.82) is 0 Å². The fourth-order valence-electron chi connectivity index (χ4n) is 1.60. The number of carbonyl (C=O) groups is 1. The highest BCUT2D eigenvalue weighted by Gasteiger charge is 2.17. The van der Waals surface area contributed by atoms with Crippen molar-refractivity contribution in [2.24, 2.45) is 5.73 Å². The average molecular weight is 264 g/mol. The molecule has 1 atom stereocenters. The molecule has 0 aromatic heterocycles. The van der Waals surface area contributed by atoms with Crippen molar-refractivity contribution in [3.05, 3.63) is 35.1 Å². The SMILES string of the molecule is CC(O)CN(C)C(=O)c1cc(C#CCN)ccc1F. The number of halogens is 1. The Morgan fingerprint density at radius 1 is 1.58 bits per heavy atom. The fourth-order valence-corrected chi connectivity index (χ4v) is 1.60. The largest absolute Gasteiger partial charge is 0.392 e. The van der Waals surface area contributed by atoms with Crippen LogP contribution >= 0.6 is 0 Å². The first-order valence-electron chi connectivity index (χ1n) is 5.87. The summed E-state index contributed by atoms with van der Waals surface area (Å²) in [6.07, 6.45) is -0.669. The first-order chi connectivity index (χ1) is 8.95. The zero-order chi connectivity index (χ0) is 14.4. The van der Waals surface area contributed by atoms with E-state index in [0.717, 1.165) is 0 Å². The van der Waals surface area contributed by atoms with Crippen LogP contribution in [0.2, 0.25) is 0 Å². The van der Waals surface area contributed by atoms with Crippen molar-refractivity contribution in [3.8, 4) is 11.8 Å². The number of likely N-dealkylation sites (N-methyl/N-ethyl adjacent to an activating group) is 1. The topological polar surface area (TPSA) is 66.6 Å². The van der Waals surface area contributed by atoms with Gasteiger partial charge in [0.15, 0.2) is 0 Å². The number of hydrogen-bond acceptors (Lipinski definition) is 3. The Morgan fingerprint density at radius 2 is 2.26 bits per heavy atom. The molecule has 0 heterocycles. The van der Waals surface area contributed by atoms with Gasteiger partial charge in [0.2, 0.25) is 0 Å². The molecule has 0 saturated heterocycles. The van der Waals surface area contributed by atoms with Crippen molar-refractivity contribution >= 4 is 5.91 Å². The first kappa shape index (κ1) is 15.2. The summed E-state index contributed by atoms with van der Waals surface area (Å²) in [6, 6.07) is 4.08. The maximum absolute atomic E-state index is 13.7. The summed E-state index contributed by atoms with van der Waals surface area (Å²) < 4.78 is 13.7. The highest BCUT2D eigenvalue weighted by atomic mass is 19.1. The quantitative estimate of drug-likeness (QED) is 0.785. The summed E-state index contributed by atoms with van der Waals surface area (Å²) in [5, 5.41) is 9.23. The van der Waals surface area contributed by atoms with Crippen molar-refractivity contribution in [1.82, 2.24) is 4.90 Å². The van der Waals surface area contributed by atoms with E-state index in [-0.39, 0.29) is 18.7 Å². The third-order valence-corrected chi connectivity index (χ3v) is 2.42. The number of amides is 1. The minimum Gasteiger partial charge on any atom is -0.392 e. The van der Waals surface area contributed by atoms with E-state index in [0.29, 0.717) is 5.56 Å². The van der Waals surface area contributed by atoms with Gasteiger partial charge in [-0.3, -0.25) is 4.79 Å². The summed E-state index contributed by atoms with van der Waals surface area (Å²) >= 11 is 0. The molecule has 0 bridgehead atoms. The molecule has 1 rings (SSSR count). The van der Waals surface area contributed by atoms with E-state index in [1.807, 2.05) is 0 Å². The van der Waals surface area contributed by atoms with Crippen LogP contribution in [0.4, 0.5) is 4.39 Å². The van der Waals surface area contributed by atoms with Crippen LogP contribution in [-0.4, -0.2) is 42.2 Å². The van der Waals surface area contributed by atoms with E-state index in [2.05, 4.69) is 11.8 Å². The van der Waals surface area contributed by atoms with Gasteiger partial charge in [-0.05, 0) is 25.1 Å². The van der Waals surface area contributed by atoms with Gasteiger partial charge in [-0.25, -0.2) is 4.39 Å². The molecule has 1 unspecified atom stereocenters. The number of aliphatic hydroxyl groups is 1. The minimum atomic E-state index is -0.669. The van der Waals surface area contributed by atoms with Gasteiger partial charge < -0.3 is 15.7 Å². The maximum Gasteiger partial charge on any atom is 0.256 e. The molecule has 0 aliphatic rings. The van der Waals surface area contributed by atoms with Gasteiger partial charge in [-0.2, -0.15) is 0 Å². The predicted molar refractivity (Wildman–Crippen MR) is 71.0 cm³/mol. The normalized spacial score (nSPS) is 11.4. The van der Waals surface area contributed by atoms with Crippen molar-refractivity contribution in [3.63, 3.8) is 0 Å². The van der Waals surface area contributed by atoms with Crippen molar-refractivity contribution < 1.29 is 14.3 Å². The van der Waals surface area contributed by atoms with E-state index in [4.69, 9.17) is 5.73 Å². The number of rotatable bonds is 3. The van der Waals surface area contributed by atoms with Crippen LogP contribution in [0, 0.1) is 17.7 Å². The molecular formula is C14H17FN2O2. The molecule has 0 aliphatic heterocycles. The second-order valence-corrected chi connectivity index (χ2v) is 4.24. The van der Waals surface area contributed by atoms with E-state index < -0.39 is 17.8 Å². The van der Waals surface area contributed by atoms with E-state index in [1.54, 1.807) is 6.92 Å². The number of carbonyl (C=O) groups excluding carboxylic acids is 1. The Bertz CT molecular complexity index is 518. The van der Waals surface area contributed by atoms with Crippen LogP contribution in [0.3, 0.4) is 0 Å².